The summed E-state index contributed by atoms with van der Waals surface area (Å²) in [5.74, 6) is 0. The normalized spacial score (nSPS) is 10.9. The Balaban J connectivity index is 2.31. The molecule has 4 heteroatoms. The molecule has 0 N–H and O–H groups in total. The van der Waals surface area contributed by atoms with E-state index in [0.29, 0.717) is 12.8 Å². The average Bonchev–Trinajstić information content (AvgIpc) is 2.50. The molecule has 1 aromatic carbocycles. The van der Waals surface area contributed by atoms with E-state index < -0.39 is 9.28 Å². The average molecular weight is 294 g/mol. The molecule has 0 heterocycles. The van der Waals surface area contributed by atoms with Crippen LogP contribution in [0.25, 0.3) is 6.08 Å². The molecular formula is C16H26O3Si. The first-order valence-electron chi connectivity index (χ1n) is 7.32. The van der Waals surface area contributed by atoms with Crippen molar-refractivity contribution in [1.82, 2.24) is 0 Å². The molecule has 1 rings (SSSR count). The Hall–Kier alpha value is -0.943. The molecule has 0 fully saturated rings. The van der Waals surface area contributed by atoms with Crippen molar-refractivity contribution in [3.8, 4) is 0 Å². The summed E-state index contributed by atoms with van der Waals surface area (Å²) < 4.78 is 17.2. The van der Waals surface area contributed by atoms with Gasteiger partial charge in [0.2, 0.25) is 0 Å². The zero-order chi connectivity index (χ0) is 14.6. The van der Waals surface area contributed by atoms with Crippen LogP contribution >= 0.6 is 0 Å². The quantitative estimate of drug-likeness (QED) is 0.585. The SMILES string of the molecule is C=Cc1ccc(COC[SiH](OCCC)OCCC)cc1. The van der Waals surface area contributed by atoms with Crippen LogP contribution in [0, 0.1) is 0 Å². The van der Waals surface area contributed by atoms with E-state index in [-0.39, 0.29) is 0 Å². The van der Waals surface area contributed by atoms with Crippen LogP contribution in [0.5, 0.6) is 0 Å². The van der Waals surface area contributed by atoms with Gasteiger partial charge >= 0.3 is 9.28 Å². The number of rotatable bonds is 11. The van der Waals surface area contributed by atoms with Crippen molar-refractivity contribution in [2.45, 2.75) is 33.3 Å². The molecule has 0 aromatic heterocycles. The third-order valence-electron chi connectivity index (χ3n) is 2.75. The Kier molecular flexibility index (Phi) is 9.24. The third kappa shape index (κ3) is 7.00. The summed E-state index contributed by atoms with van der Waals surface area (Å²) in [5, 5.41) is 0. The number of hydrogen-bond acceptors (Lipinski definition) is 3. The van der Waals surface area contributed by atoms with Crippen molar-refractivity contribution < 1.29 is 13.6 Å². The Labute approximate surface area is 124 Å². The predicted octanol–water partition coefficient (Wildman–Crippen LogP) is 3.46. The van der Waals surface area contributed by atoms with Crippen molar-refractivity contribution in [3.05, 3.63) is 42.0 Å². The third-order valence-corrected chi connectivity index (χ3v) is 4.48. The first kappa shape index (κ1) is 17.1. The van der Waals surface area contributed by atoms with Crippen LogP contribution in [-0.2, 0) is 20.2 Å². The van der Waals surface area contributed by atoms with Crippen molar-refractivity contribution in [2.75, 3.05) is 19.4 Å². The molecule has 1 aromatic rings. The standard InChI is InChI=1S/C16H26O3Si/c1-4-11-18-20(19-12-5-2)14-17-13-16-9-7-15(6-3)8-10-16/h6-10,20H,3-5,11-14H2,1-2H3. The van der Waals surface area contributed by atoms with Gasteiger partial charge in [0.05, 0.1) is 12.8 Å². The van der Waals surface area contributed by atoms with Gasteiger partial charge in [-0.1, -0.05) is 50.8 Å². The zero-order valence-electron chi connectivity index (χ0n) is 12.6. The zero-order valence-corrected chi connectivity index (χ0v) is 13.8. The van der Waals surface area contributed by atoms with Crippen LogP contribution in [0.3, 0.4) is 0 Å². The molecule has 0 saturated carbocycles. The van der Waals surface area contributed by atoms with E-state index in [2.05, 4.69) is 32.6 Å². The summed E-state index contributed by atoms with van der Waals surface area (Å²) in [6.45, 7) is 10.1. The Morgan fingerprint density at radius 2 is 1.65 bits per heavy atom. The Bertz CT molecular complexity index is 356. The minimum absolute atomic E-state index is 0.600. The van der Waals surface area contributed by atoms with Crippen LogP contribution in [-0.4, -0.2) is 28.7 Å². The van der Waals surface area contributed by atoms with Crippen molar-refractivity contribution in [2.24, 2.45) is 0 Å². The second-order valence-corrected chi connectivity index (χ2v) is 6.49. The van der Waals surface area contributed by atoms with Gasteiger partial charge in [-0.05, 0) is 24.0 Å². The van der Waals surface area contributed by atoms with E-state index in [1.165, 1.54) is 0 Å². The van der Waals surface area contributed by atoms with Gasteiger partial charge in [-0.2, -0.15) is 0 Å². The van der Waals surface area contributed by atoms with Gasteiger partial charge in [0.15, 0.2) is 0 Å². The molecule has 0 aliphatic rings. The fourth-order valence-corrected chi connectivity index (χ4v) is 3.26. The van der Waals surface area contributed by atoms with Gasteiger partial charge in [0.25, 0.3) is 0 Å². The van der Waals surface area contributed by atoms with Crippen LogP contribution in [0.15, 0.2) is 30.8 Å². The molecule has 0 unspecified atom stereocenters. The molecule has 0 aliphatic carbocycles. The molecule has 0 radical (unpaired) electrons. The van der Waals surface area contributed by atoms with Gasteiger partial charge in [-0.25, -0.2) is 0 Å². The number of hydrogen-bond donors (Lipinski definition) is 0. The topological polar surface area (TPSA) is 27.7 Å². The summed E-state index contributed by atoms with van der Waals surface area (Å²) >= 11 is 0. The molecule has 0 atom stereocenters. The van der Waals surface area contributed by atoms with Crippen molar-refractivity contribution in [3.63, 3.8) is 0 Å². The van der Waals surface area contributed by atoms with E-state index >= 15 is 0 Å². The number of benzene rings is 1. The Morgan fingerprint density at radius 1 is 1.05 bits per heavy atom. The molecule has 0 bridgehead atoms. The van der Waals surface area contributed by atoms with Crippen molar-refractivity contribution >= 4 is 15.4 Å². The van der Waals surface area contributed by atoms with Gasteiger partial charge in [-0.3, -0.25) is 0 Å². The molecule has 112 valence electrons. The van der Waals surface area contributed by atoms with Crippen LogP contribution in [0.1, 0.15) is 37.8 Å². The van der Waals surface area contributed by atoms with Gasteiger partial charge in [0.1, 0.15) is 0 Å². The van der Waals surface area contributed by atoms with Gasteiger partial charge in [-0.15, -0.1) is 0 Å². The molecule has 0 aliphatic heterocycles. The maximum absolute atomic E-state index is 5.75. The lowest BCUT2D eigenvalue weighted by Crippen LogP contribution is -2.30. The molecule has 0 spiro atoms. The van der Waals surface area contributed by atoms with Crippen LogP contribution in [0.2, 0.25) is 0 Å². The maximum atomic E-state index is 5.75. The summed E-state index contributed by atoms with van der Waals surface area (Å²) in [6, 6.07) is 8.21. The highest BCUT2D eigenvalue weighted by Crippen LogP contribution is 2.07. The fraction of sp³-hybridized carbons (Fsp3) is 0.500. The maximum Gasteiger partial charge on any atom is 0.348 e. The van der Waals surface area contributed by atoms with Gasteiger partial charge in [0, 0.05) is 13.2 Å². The van der Waals surface area contributed by atoms with E-state index in [4.69, 9.17) is 13.6 Å². The highest BCUT2D eigenvalue weighted by Gasteiger charge is 2.13. The monoisotopic (exact) mass is 294 g/mol. The Morgan fingerprint density at radius 3 is 2.15 bits per heavy atom. The van der Waals surface area contributed by atoms with Crippen LogP contribution < -0.4 is 0 Å². The minimum atomic E-state index is -1.66. The summed E-state index contributed by atoms with van der Waals surface area (Å²) in [6.07, 6.45) is 4.47. The fourth-order valence-electron chi connectivity index (χ4n) is 1.67. The largest absolute Gasteiger partial charge is 0.395 e. The summed E-state index contributed by atoms with van der Waals surface area (Å²) in [5.41, 5.74) is 2.29. The molecule has 3 nitrogen and oxygen atoms in total. The molecule has 0 saturated heterocycles. The first-order valence-corrected chi connectivity index (χ1v) is 9.08. The van der Waals surface area contributed by atoms with Crippen LogP contribution in [0.4, 0.5) is 0 Å². The second kappa shape index (κ2) is 10.8. The van der Waals surface area contributed by atoms with E-state index in [9.17, 15) is 0 Å². The summed E-state index contributed by atoms with van der Waals surface area (Å²) in [4.78, 5) is 0. The van der Waals surface area contributed by atoms with Gasteiger partial charge < -0.3 is 13.6 Å². The molecule has 20 heavy (non-hydrogen) atoms. The van der Waals surface area contributed by atoms with Crippen molar-refractivity contribution in [1.29, 1.82) is 0 Å². The second-order valence-electron chi connectivity index (χ2n) is 4.63. The first-order chi connectivity index (χ1) is 9.80. The summed E-state index contributed by atoms with van der Waals surface area (Å²) in [7, 11) is -1.66. The molecular weight excluding hydrogens is 268 g/mol. The lowest BCUT2D eigenvalue weighted by Gasteiger charge is -2.16. The highest BCUT2D eigenvalue weighted by atomic mass is 28.3. The predicted molar refractivity (Wildman–Crippen MR) is 85.8 cm³/mol. The number of ether oxygens (including phenoxy) is 1. The lowest BCUT2D eigenvalue weighted by atomic mass is 10.1. The smallest absolute Gasteiger partial charge is 0.348 e. The minimum Gasteiger partial charge on any atom is -0.395 e. The lowest BCUT2D eigenvalue weighted by molar-refractivity contribution is 0.110. The highest BCUT2D eigenvalue weighted by molar-refractivity contribution is 6.44. The van der Waals surface area contributed by atoms with E-state index in [0.717, 1.165) is 37.2 Å². The molecule has 0 amide bonds. The van der Waals surface area contributed by atoms with E-state index in [1.807, 2.05) is 18.2 Å². The van der Waals surface area contributed by atoms with E-state index in [1.54, 1.807) is 0 Å².